The average molecular weight is 232 g/mol. The zero-order valence-corrected chi connectivity index (χ0v) is 10.0. The third-order valence-corrected chi connectivity index (χ3v) is 3.10. The lowest BCUT2D eigenvalue weighted by Gasteiger charge is -2.09. The summed E-state index contributed by atoms with van der Waals surface area (Å²) in [5.74, 6) is 1.75. The predicted octanol–water partition coefficient (Wildman–Crippen LogP) is 2.99. The topological polar surface area (TPSA) is 18.5 Å². The van der Waals surface area contributed by atoms with E-state index in [0.717, 1.165) is 16.8 Å². The van der Waals surface area contributed by atoms with E-state index in [9.17, 15) is 0 Å². The molecule has 0 N–H and O–H groups in total. The summed E-state index contributed by atoms with van der Waals surface area (Å²) in [4.78, 5) is 0. The monoisotopic (exact) mass is 232 g/mol. The second kappa shape index (κ2) is 5.53. The van der Waals surface area contributed by atoms with Gasteiger partial charge in [-0.25, -0.2) is 0 Å². The van der Waals surface area contributed by atoms with E-state index in [-0.39, 0.29) is 8.81 Å². The van der Waals surface area contributed by atoms with Crippen LogP contribution in [0.15, 0.2) is 54.6 Å². The van der Waals surface area contributed by atoms with Gasteiger partial charge in [-0.1, -0.05) is 30.3 Å². The SMILES string of the molecule is COc1ccccc1POc1ccccc1. The van der Waals surface area contributed by atoms with E-state index < -0.39 is 0 Å². The molecule has 0 saturated carbocycles. The third-order valence-electron chi connectivity index (χ3n) is 2.13. The van der Waals surface area contributed by atoms with Gasteiger partial charge in [0.25, 0.3) is 0 Å². The Bertz CT molecular complexity index is 443. The second-order valence-corrected chi connectivity index (χ2v) is 4.16. The molecule has 0 heterocycles. The Hall–Kier alpha value is -1.53. The Morgan fingerprint density at radius 1 is 0.875 bits per heavy atom. The fourth-order valence-corrected chi connectivity index (χ4v) is 2.15. The van der Waals surface area contributed by atoms with Gasteiger partial charge in [0.2, 0.25) is 0 Å². The van der Waals surface area contributed by atoms with Crippen molar-refractivity contribution in [2.75, 3.05) is 7.11 Å². The summed E-state index contributed by atoms with van der Waals surface area (Å²) in [6.45, 7) is 0. The molecule has 16 heavy (non-hydrogen) atoms. The number of hydrogen-bond acceptors (Lipinski definition) is 2. The Labute approximate surface area is 97.1 Å². The van der Waals surface area contributed by atoms with Crippen molar-refractivity contribution in [2.24, 2.45) is 0 Å². The van der Waals surface area contributed by atoms with Gasteiger partial charge < -0.3 is 9.26 Å². The predicted molar refractivity (Wildman–Crippen MR) is 68.0 cm³/mol. The van der Waals surface area contributed by atoms with E-state index in [2.05, 4.69) is 0 Å². The van der Waals surface area contributed by atoms with Crippen LogP contribution in [0.5, 0.6) is 11.5 Å². The first-order chi connectivity index (χ1) is 7.90. The summed E-state index contributed by atoms with van der Waals surface area (Å²) in [5.41, 5.74) is 0. The molecule has 0 fully saturated rings. The largest absolute Gasteiger partial charge is 0.496 e. The molecule has 2 rings (SSSR count). The van der Waals surface area contributed by atoms with E-state index in [0.29, 0.717) is 0 Å². The Kier molecular flexibility index (Phi) is 3.79. The zero-order valence-electron chi connectivity index (χ0n) is 9.01. The summed E-state index contributed by atoms with van der Waals surface area (Å²) in [7, 11) is 1.94. The highest BCUT2D eigenvalue weighted by Gasteiger charge is 2.02. The molecular weight excluding hydrogens is 219 g/mol. The van der Waals surface area contributed by atoms with E-state index in [1.165, 1.54) is 0 Å². The van der Waals surface area contributed by atoms with Crippen LogP contribution in [-0.2, 0) is 0 Å². The first-order valence-electron chi connectivity index (χ1n) is 5.01. The van der Waals surface area contributed by atoms with Gasteiger partial charge >= 0.3 is 0 Å². The van der Waals surface area contributed by atoms with Crippen molar-refractivity contribution in [1.82, 2.24) is 0 Å². The van der Waals surface area contributed by atoms with Crippen LogP contribution in [0.2, 0.25) is 0 Å². The molecule has 3 heteroatoms. The van der Waals surface area contributed by atoms with Crippen molar-refractivity contribution < 1.29 is 9.26 Å². The molecule has 0 amide bonds. The number of ether oxygens (including phenoxy) is 1. The molecule has 1 unspecified atom stereocenters. The smallest absolute Gasteiger partial charge is 0.129 e. The molecule has 2 aromatic rings. The summed E-state index contributed by atoms with van der Waals surface area (Å²) >= 11 is 0. The molecule has 0 saturated heterocycles. The fourth-order valence-electron chi connectivity index (χ4n) is 1.33. The minimum Gasteiger partial charge on any atom is -0.496 e. The van der Waals surface area contributed by atoms with Gasteiger partial charge in [-0.05, 0) is 24.3 Å². The zero-order chi connectivity index (χ0) is 11.2. The van der Waals surface area contributed by atoms with Gasteiger partial charge in [0.15, 0.2) is 0 Å². The van der Waals surface area contributed by atoms with Crippen LogP contribution in [0.4, 0.5) is 0 Å². The van der Waals surface area contributed by atoms with Crippen molar-refractivity contribution in [3.8, 4) is 11.5 Å². The Balaban J connectivity index is 2.05. The molecule has 0 aliphatic carbocycles. The van der Waals surface area contributed by atoms with E-state index in [1.807, 2.05) is 54.6 Å². The Morgan fingerprint density at radius 3 is 2.31 bits per heavy atom. The number of hydrogen-bond donors (Lipinski definition) is 0. The van der Waals surface area contributed by atoms with Gasteiger partial charge in [-0.15, -0.1) is 0 Å². The van der Waals surface area contributed by atoms with Gasteiger partial charge in [0, 0.05) is 0 Å². The first kappa shape index (κ1) is 11.0. The maximum Gasteiger partial charge on any atom is 0.129 e. The van der Waals surface area contributed by atoms with Crippen LogP contribution >= 0.6 is 8.81 Å². The van der Waals surface area contributed by atoms with Gasteiger partial charge in [0.05, 0.1) is 12.4 Å². The standard InChI is InChI=1S/C13H13O2P/c1-14-12-9-5-6-10-13(12)16-15-11-7-3-2-4-8-11/h2-10,16H,1H3. The molecule has 0 aliphatic heterocycles. The molecule has 0 bridgehead atoms. The minimum absolute atomic E-state index is 0.263. The maximum absolute atomic E-state index is 5.68. The molecule has 0 aromatic heterocycles. The highest BCUT2D eigenvalue weighted by molar-refractivity contribution is 7.42. The normalized spacial score (nSPS) is 10.6. The minimum atomic E-state index is 0.263. The maximum atomic E-state index is 5.68. The number of methoxy groups -OCH3 is 1. The van der Waals surface area contributed by atoms with Crippen LogP contribution in [0.25, 0.3) is 0 Å². The third kappa shape index (κ3) is 2.74. The van der Waals surface area contributed by atoms with Gasteiger partial charge in [-0.3, -0.25) is 0 Å². The van der Waals surface area contributed by atoms with E-state index in [4.69, 9.17) is 9.26 Å². The van der Waals surface area contributed by atoms with E-state index in [1.54, 1.807) is 7.11 Å². The first-order valence-corrected chi connectivity index (χ1v) is 5.92. The molecule has 0 aliphatic rings. The van der Waals surface area contributed by atoms with Crippen molar-refractivity contribution in [2.45, 2.75) is 0 Å². The summed E-state index contributed by atoms with van der Waals surface area (Å²) in [5, 5.41) is 1.08. The Morgan fingerprint density at radius 2 is 1.56 bits per heavy atom. The summed E-state index contributed by atoms with van der Waals surface area (Å²) in [6.07, 6.45) is 0. The number of rotatable bonds is 4. The van der Waals surface area contributed by atoms with E-state index >= 15 is 0 Å². The molecule has 1 atom stereocenters. The van der Waals surface area contributed by atoms with Crippen LogP contribution in [-0.4, -0.2) is 7.11 Å². The van der Waals surface area contributed by atoms with Crippen LogP contribution in [0.3, 0.4) is 0 Å². The highest BCUT2D eigenvalue weighted by Crippen LogP contribution is 2.23. The second-order valence-electron chi connectivity index (χ2n) is 3.22. The lowest BCUT2D eigenvalue weighted by molar-refractivity contribution is 0.418. The molecule has 0 radical (unpaired) electrons. The van der Waals surface area contributed by atoms with Crippen LogP contribution in [0.1, 0.15) is 0 Å². The lowest BCUT2D eigenvalue weighted by atomic mass is 10.3. The quantitative estimate of drug-likeness (QED) is 0.754. The fraction of sp³-hybridized carbons (Fsp3) is 0.0769. The summed E-state index contributed by atoms with van der Waals surface area (Å²) in [6, 6.07) is 17.7. The molecule has 82 valence electrons. The molecule has 2 aromatic carbocycles. The van der Waals surface area contributed by atoms with Crippen molar-refractivity contribution in [1.29, 1.82) is 0 Å². The molecule has 0 spiro atoms. The lowest BCUT2D eigenvalue weighted by Crippen LogP contribution is -2.01. The molecule has 2 nitrogen and oxygen atoms in total. The van der Waals surface area contributed by atoms with Crippen molar-refractivity contribution in [3.05, 3.63) is 54.6 Å². The van der Waals surface area contributed by atoms with Crippen LogP contribution in [0, 0.1) is 0 Å². The van der Waals surface area contributed by atoms with Crippen molar-refractivity contribution >= 4 is 14.1 Å². The van der Waals surface area contributed by atoms with Crippen LogP contribution < -0.4 is 14.6 Å². The van der Waals surface area contributed by atoms with Gasteiger partial charge in [0.1, 0.15) is 20.3 Å². The average Bonchev–Trinajstić information content (AvgIpc) is 2.38. The summed E-state index contributed by atoms with van der Waals surface area (Å²) < 4.78 is 10.9. The number of para-hydroxylation sites is 2. The van der Waals surface area contributed by atoms with Crippen molar-refractivity contribution in [3.63, 3.8) is 0 Å². The number of benzene rings is 2. The highest BCUT2D eigenvalue weighted by atomic mass is 31.1. The van der Waals surface area contributed by atoms with Gasteiger partial charge in [-0.2, -0.15) is 0 Å². The molecular formula is C13H13O2P.